The summed E-state index contributed by atoms with van der Waals surface area (Å²) in [5.74, 6) is 0.292. The molecule has 2 heterocycles. The van der Waals surface area contributed by atoms with Crippen molar-refractivity contribution in [3.8, 4) is 5.75 Å². The minimum atomic E-state index is -0.455. The molecular weight excluding hydrogens is 355 g/mol. The highest BCUT2D eigenvalue weighted by Crippen LogP contribution is 2.16. The molecule has 0 spiro atoms. The monoisotopic (exact) mass is 372 g/mol. The first-order valence-electron chi connectivity index (χ1n) is 7.83. The van der Waals surface area contributed by atoms with Crippen LogP contribution in [0, 0.1) is 19.0 Å². The van der Waals surface area contributed by atoms with E-state index in [2.05, 4.69) is 21.7 Å². The molecule has 1 N–H and O–H groups in total. The third-order valence-electron chi connectivity index (χ3n) is 3.38. The van der Waals surface area contributed by atoms with E-state index in [4.69, 9.17) is 4.74 Å². The number of ether oxygens (including phenoxy) is 1. The summed E-state index contributed by atoms with van der Waals surface area (Å²) in [6.45, 7) is 4.19. The predicted molar refractivity (Wildman–Crippen MR) is 98.1 cm³/mol. The molecule has 1 amide bonds. The number of hydrogen-bond acceptors (Lipinski definition) is 5. The fraction of sp³-hybridized carbons (Fsp3) is 0.167. The van der Waals surface area contributed by atoms with Crippen LogP contribution in [0.1, 0.15) is 26.5 Å². The van der Waals surface area contributed by atoms with E-state index in [-0.39, 0.29) is 17.6 Å². The van der Waals surface area contributed by atoms with Crippen molar-refractivity contribution < 1.29 is 13.9 Å². The van der Waals surface area contributed by atoms with Crippen LogP contribution in [0.2, 0.25) is 0 Å². The molecule has 3 rings (SSSR count). The minimum Gasteiger partial charge on any atom is -0.471 e. The second kappa shape index (κ2) is 7.92. The van der Waals surface area contributed by atoms with E-state index in [1.165, 1.54) is 17.0 Å². The molecule has 0 aliphatic heterocycles. The van der Waals surface area contributed by atoms with Crippen LogP contribution in [-0.2, 0) is 6.73 Å². The number of aryl methyl sites for hydroxylation is 2. The summed E-state index contributed by atoms with van der Waals surface area (Å²) in [6, 6.07) is 10.4. The Morgan fingerprint density at radius 2 is 2.08 bits per heavy atom. The predicted octanol–water partition coefficient (Wildman–Crippen LogP) is 3.50. The Bertz CT molecular complexity index is 928. The van der Waals surface area contributed by atoms with Crippen molar-refractivity contribution >= 4 is 23.5 Å². The van der Waals surface area contributed by atoms with Gasteiger partial charge in [-0.05, 0) is 55.3 Å². The Balaban J connectivity index is 1.55. The second-order valence-electron chi connectivity index (χ2n) is 5.68. The molecule has 26 heavy (non-hydrogen) atoms. The lowest BCUT2D eigenvalue weighted by molar-refractivity contribution is 0.0948. The van der Waals surface area contributed by atoms with Crippen molar-refractivity contribution in [1.29, 1.82) is 0 Å². The molecule has 0 aliphatic rings. The molecule has 0 fully saturated rings. The first-order chi connectivity index (χ1) is 12.5. The van der Waals surface area contributed by atoms with Gasteiger partial charge in [0.05, 0.1) is 11.1 Å². The highest BCUT2D eigenvalue weighted by atomic mass is 32.1. The number of halogens is 1. The van der Waals surface area contributed by atoms with Gasteiger partial charge in [0.25, 0.3) is 5.91 Å². The largest absolute Gasteiger partial charge is 0.471 e. The zero-order valence-electron chi connectivity index (χ0n) is 14.3. The van der Waals surface area contributed by atoms with Crippen molar-refractivity contribution in [2.45, 2.75) is 20.6 Å². The maximum Gasteiger partial charge on any atom is 0.291 e. The van der Waals surface area contributed by atoms with Crippen LogP contribution in [0.15, 0.2) is 47.7 Å². The van der Waals surface area contributed by atoms with Gasteiger partial charge in [-0.25, -0.2) is 10.1 Å². The van der Waals surface area contributed by atoms with Gasteiger partial charge in [0.1, 0.15) is 5.75 Å². The number of rotatable bonds is 6. The average Bonchev–Trinajstić information content (AvgIpc) is 3.21. The number of amides is 1. The van der Waals surface area contributed by atoms with Crippen LogP contribution in [-0.4, -0.2) is 21.9 Å². The zero-order valence-corrected chi connectivity index (χ0v) is 15.1. The first-order valence-corrected chi connectivity index (χ1v) is 8.64. The number of carbonyl (C=O) groups excluding carboxylic acids is 1. The molecule has 0 atom stereocenters. The lowest BCUT2D eigenvalue weighted by Crippen LogP contribution is -2.19. The maximum atomic E-state index is 12.9. The van der Waals surface area contributed by atoms with Crippen molar-refractivity contribution in [2.24, 2.45) is 5.10 Å². The summed E-state index contributed by atoms with van der Waals surface area (Å²) >= 11 is 0.942. The fourth-order valence-electron chi connectivity index (χ4n) is 2.32. The topological polar surface area (TPSA) is 68.5 Å². The molecule has 6 nitrogen and oxygen atoms in total. The lowest BCUT2D eigenvalue weighted by atomic mass is 10.1. The van der Waals surface area contributed by atoms with E-state index in [0.29, 0.717) is 4.88 Å². The Hall–Kier alpha value is -3.00. The van der Waals surface area contributed by atoms with Crippen molar-refractivity contribution in [3.05, 3.63) is 69.4 Å². The van der Waals surface area contributed by atoms with Crippen LogP contribution in [0.25, 0.3) is 0 Å². The number of benzene rings is 1. The van der Waals surface area contributed by atoms with Crippen LogP contribution < -0.4 is 10.2 Å². The van der Waals surface area contributed by atoms with Crippen LogP contribution in [0.5, 0.6) is 5.75 Å². The van der Waals surface area contributed by atoms with Gasteiger partial charge in [0.15, 0.2) is 17.6 Å². The normalized spacial score (nSPS) is 11.0. The van der Waals surface area contributed by atoms with Gasteiger partial charge >= 0.3 is 0 Å². The number of nitrogens with one attached hydrogen (secondary N) is 1. The number of hydrogen-bond donors (Lipinski definition) is 1. The lowest BCUT2D eigenvalue weighted by Gasteiger charge is -2.08. The summed E-state index contributed by atoms with van der Waals surface area (Å²) in [7, 11) is 0. The Morgan fingerprint density at radius 3 is 2.77 bits per heavy atom. The summed E-state index contributed by atoms with van der Waals surface area (Å²) in [6.07, 6.45) is 3.03. The quantitative estimate of drug-likeness (QED) is 0.532. The third-order valence-corrected chi connectivity index (χ3v) is 4.19. The van der Waals surface area contributed by atoms with Gasteiger partial charge in [-0.15, -0.1) is 11.3 Å². The van der Waals surface area contributed by atoms with E-state index in [1.807, 2.05) is 26.0 Å². The van der Waals surface area contributed by atoms with E-state index in [9.17, 15) is 9.18 Å². The summed E-state index contributed by atoms with van der Waals surface area (Å²) in [5.41, 5.74) is 4.80. The van der Waals surface area contributed by atoms with Gasteiger partial charge in [-0.3, -0.25) is 4.79 Å². The van der Waals surface area contributed by atoms with Crippen molar-refractivity contribution in [3.63, 3.8) is 0 Å². The average molecular weight is 372 g/mol. The van der Waals surface area contributed by atoms with Gasteiger partial charge in [0.2, 0.25) is 0 Å². The molecule has 0 bridgehead atoms. The summed E-state index contributed by atoms with van der Waals surface area (Å²) in [4.78, 5) is 12.6. The summed E-state index contributed by atoms with van der Waals surface area (Å²) in [5, 5.41) is 7.64. The van der Waals surface area contributed by atoms with Crippen LogP contribution >= 0.6 is 11.3 Å². The molecule has 1 aromatic carbocycles. The van der Waals surface area contributed by atoms with Crippen LogP contribution in [0.3, 0.4) is 0 Å². The molecular formula is C18H17FN4O2S. The third kappa shape index (κ3) is 4.76. The molecule has 0 unspecified atom stereocenters. The van der Waals surface area contributed by atoms with E-state index in [1.54, 1.807) is 18.3 Å². The molecule has 134 valence electrons. The molecule has 0 saturated heterocycles. The molecule has 0 saturated carbocycles. The van der Waals surface area contributed by atoms with Crippen molar-refractivity contribution in [1.82, 2.24) is 15.2 Å². The smallest absolute Gasteiger partial charge is 0.291 e. The number of aromatic nitrogens is 2. The van der Waals surface area contributed by atoms with Gasteiger partial charge in [0, 0.05) is 6.20 Å². The number of nitrogens with zero attached hydrogens (tertiary/aromatic N) is 3. The second-order valence-corrected chi connectivity index (χ2v) is 6.74. The van der Waals surface area contributed by atoms with Gasteiger partial charge in [-0.2, -0.15) is 14.6 Å². The highest BCUT2D eigenvalue weighted by molar-refractivity contribution is 7.12. The highest BCUT2D eigenvalue weighted by Gasteiger charge is 2.09. The standard InChI is InChI=1S/C18H17FN4O2S/c1-12-7-13(2)9-14(8-12)25-11-23-6-5-16(22-23)18(24)21-20-10-15-3-4-17(19)26-15/h3-10H,11H2,1-2H3,(H,21,24)/b20-10-. The van der Waals surface area contributed by atoms with Gasteiger partial charge < -0.3 is 4.74 Å². The maximum absolute atomic E-state index is 12.9. The zero-order chi connectivity index (χ0) is 18.5. The fourth-order valence-corrected chi connectivity index (χ4v) is 2.92. The van der Waals surface area contributed by atoms with Gasteiger partial charge in [-0.1, -0.05) is 6.07 Å². The molecule has 3 aromatic rings. The molecule has 0 aliphatic carbocycles. The van der Waals surface area contributed by atoms with E-state index >= 15 is 0 Å². The van der Waals surface area contributed by atoms with E-state index in [0.717, 1.165) is 28.2 Å². The Labute approximate surface area is 153 Å². The molecule has 0 radical (unpaired) electrons. The summed E-state index contributed by atoms with van der Waals surface area (Å²) < 4.78 is 20.1. The molecule has 2 aromatic heterocycles. The van der Waals surface area contributed by atoms with Crippen molar-refractivity contribution in [2.75, 3.05) is 0 Å². The number of carbonyl (C=O) groups is 1. The van der Waals surface area contributed by atoms with Crippen LogP contribution in [0.4, 0.5) is 4.39 Å². The number of hydrazone groups is 1. The SMILES string of the molecule is Cc1cc(C)cc(OCn2ccc(C(=O)N/N=C\c3ccc(F)s3)n2)c1. The molecule has 8 heteroatoms. The number of thiophene rings is 1. The Kier molecular flexibility index (Phi) is 5.43. The first kappa shape index (κ1) is 17.8. The minimum absolute atomic E-state index is 0.188. The Morgan fingerprint density at radius 1 is 1.31 bits per heavy atom. The van der Waals surface area contributed by atoms with E-state index < -0.39 is 5.91 Å².